The normalized spacial score (nSPS) is 10.9. The summed E-state index contributed by atoms with van der Waals surface area (Å²) in [6.45, 7) is -3.14. The maximum absolute atomic E-state index is 12.6. The highest BCUT2D eigenvalue weighted by Gasteiger charge is 2.21. The summed E-state index contributed by atoms with van der Waals surface area (Å²) in [7, 11) is 0. The number of hydrogen-bond donors (Lipinski definition) is 1. The van der Waals surface area contributed by atoms with Crippen LogP contribution < -0.4 is 0 Å². The first kappa shape index (κ1) is 13.6. The lowest BCUT2D eigenvalue weighted by atomic mass is 10.4. The zero-order valence-electron chi connectivity index (χ0n) is 9.81. The minimum Gasteiger partial charge on any atom is -0.477 e. The van der Waals surface area contributed by atoms with Gasteiger partial charge in [0.2, 0.25) is 0 Å². The van der Waals surface area contributed by atoms with E-state index in [4.69, 9.17) is 5.11 Å². The predicted octanol–water partition coefficient (Wildman–Crippen LogP) is 1.73. The summed E-state index contributed by atoms with van der Waals surface area (Å²) in [6.07, 6.45) is 3.14. The summed E-state index contributed by atoms with van der Waals surface area (Å²) in [4.78, 5) is 24.5. The highest BCUT2D eigenvalue weighted by Crippen LogP contribution is 2.19. The molecule has 0 atom stereocenters. The van der Waals surface area contributed by atoms with E-state index in [0.717, 1.165) is 29.2 Å². The minimum absolute atomic E-state index is 0.104. The molecule has 106 valence electrons. The van der Waals surface area contributed by atoms with Gasteiger partial charge in [-0.2, -0.15) is 8.78 Å². The molecular weight excluding hydrogens is 278 g/mol. The average Bonchev–Trinajstić information content (AvgIpc) is 2.95. The number of hydrogen-bond acceptors (Lipinski definition) is 4. The van der Waals surface area contributed by atoms with Crippen LogP contribution in [0.3, 0.4) is 0 Å². The average molecular weight is 286 g/mol. The first-order valence-corrected chi connectivity index (χ1v) is 5.28. The zero-order chi connectivity index (χ0) is 14.9. The Morgan fingerprint density at radius 2 is 2.25 bits per heavy atom. The summed E-state index contributed by atoms with van der Waals surface area (Å²) in [5.41, 5.74) is -0.807. The third-order valence-corrected chi connectivity index (χ3v) is 2.58. The summed E-state index contributed by atoms with van der Waals surface area (Å²) in [6, 6.07) is 0.859. The van der Waals surface area contributed by atoms with Crippen molar-refractivity contribution >= 4 is 11.7 Å². The van der Waals surface area contributed by atoms with Crippen molar-refractivity contribution in [3.05, 3.63) is 46.3 Å². The molecule has 20 heavy (non-hydrogen) atoms. The first-order chi connectivity index (χ1) is 9.40. The van der Waals surface area contributed by atoms with Crippen LogP contribution >= 0.6 is 0 Å². The molecule has 0 unspecified atom stereocenters. The van der Waals surface area contributed by atoms with Crippen molar-refractivity contribution in [3.63, 3.8) is 0 Å². The number of carbonyl (C=O) groups is 1. The van der Waals surface area contributed by atoms with E-state index in [1.807, 2.05) is 0 Å². The Hall–Kier alpha value is -2.78. The molecule has 10 heteroatoms. The van der Waals surface area contributed by atoms with Gasteiger partial charge in [0.1, 0.15) is 11.5 Å². The quantitative estimate of drug-likeness (QED) is 0.666. The van der Waals surface area contributed by atoms with Crippen LogP contribution in [0.15, 0.2) is 24.7 Å². The van der Waals surface area contributed by atoms with Crippen LogP contribution in [-0.4, -0.2) is 30.1 Å². The third-order valence-electron chi connectivity index (χ3n) is 2.58. The highest BCUT2D eigenvalue weighted by atomic mass is 19.3. The molecule has 0 aliphatic heterocycles. The van der Waals surface area contributed by atoms with Crippen LogP contribution in [-0.2, 0) is 6.54 Å². The fraction of sp³-hybridized carbons (Fsp3) is 0.200. The van der Waals surface area contributed by atoms with Crippen molar-refractivity contribution in [2.75, 3.05) is 0 Å². The van der Waals surface area contributed by atoms with Gasteiger partial charge in [0.15, 0.2) is 0 Å². The largest absolute Gasteiger partial charge is 0.477 e. The maximum Gasteiger partial charge on any atom is 0.352 e. The molecule has 2 aromatic heterocycles. The Labute approximate surface area is 110 Å². The molecule has 2 heterocycles. The van der Waals surface area contributed by atoms with E-state index in [0.29, 0.717) is 4.57 Å². The molecular formula is C10H8F2N4O4. The summed E-state index contributed by atoms with van der Waals surface area (Å²) in [5, 5.41) is 19.6. The number of imidazole rings is 1. The molecule has 8 nitrogen and oxygen atoms in total. The second-order valence-electron chi connectivity index (χ2n) is 3.80. The second-order valence-corrected chi connectivity index (χ2v) is 3.80. The van der Waals surface area contributed by atoms with Crippen molar-refractivity contribution in [3.8, 4) is 0 Å². The molecule has 0 saturated heterocycles. The van der Waals surface area contributed by atoms with E-state index in [1.165, 1.54) is 0 Å². The van der Waals surface area contributed by atoms with Crippen molar-refractivity contribution in [1.82, 2.24) is 14.1 Å². The fourth-order valence-electron chi connectivity index (χ4n) is 1.70. The van der Waals surface area contributed by atoms with Crippen molar-refractivity contribution in [1.29, 1.82) is 0 Å². The number of rotatable bonds is 5. The van der Waals surface area contributed by atoms with E-state index >= 15 is 0 Å². The van der Waals surface area contributed by atoms with E-state index in [-0.39, 0.29) is 18.1 Å². The number of alkyl halides is 2. The second kappa shape index (κ2) is 5.07. The Kier molecular flexibility index (Phi) is 3.46. The lowest BCUT2D eigenvalue weighted by Crippen LogP contribution is -2.13. The number of carboxylic acids is 1. The summed E-state index contributed by atoms with van der Waals surface area (Å²) >= 11 is 0. The van der Waals surface area contributed by atoms with Gasteiger partial charge >= 0.3 is 12.5 Å². The topological polar surface area (TPSA) is 103 Å². The van der Waals surface area contributed by atoms with E-state index in [9.17, 15) is 23.7 Å². The van der Waals surface area contributed by atoms with E-state index in [2.05, 4.69) is 4.98 Å². The molecule has 0 radical (unpaired) electrons. The van der Waals surface area contributed by atoms with E-state index < -0.39 is 23.1 Å². The van der Waals surface area contributed by atoms with Crippen LogP contribution in [0.1, 0.15) is 22.9 Å². The number of halogens is 2. The van der Waals surface area contributed by atoms with Crippen LogP contribution in [0, 0.1) is 10.1 Å². The Bertz CT molecular complexity index is 664. The molecule has 0 bridgehead atoms. The van der Waals surface area contributed by atoms with Gasteiger partial charge in [-0.25, -0.2) is 9.78 Å². The molecule has 0 aliphatic carbocycles. The van der Waals surface area contributed by atoms with Gasteiger partial charge in [-0.15, -0.1) is 0 Å². The Morgan fingerprint density at radius 3 is 2.80 bits per heavy atom. The molecule has 2 aromatic rings. The van der Waals surface area contributed by atoms with Crippen LogP contribution in [0.2, 0.25) is 0 Å². The molecule has 0 saturated carbocycles. The maximum atomic E-state index is 12.6. The van der Waals surface area contributed by atoms with Gasteiger partial charge in [-0.1, -0.05) is 0 Å². The monoisotopic (exact) mass is 286 g/mol. The summed E-state index contributed by atoms with van der Waals surface area (Å²) < 4.78 is 26.8. The van der Waals surface area contributed by atoms with Gasteiger partial charge in [-0.3, -0.25) is 14.7 Å². The number of aromatic carboxylic acids is 1. The lowest BCUT2D eigenvalue weighted by Gasteiger charge is -2.08. The molecule has 0 aromatic carbocycles. The van der Waals surface area contributed by atoms with Crippen LogP contribution in [0.5, 0.6) is 0 Å². The van der Waals surface area contributed by atoms with Gasteiger partial charge in [-0.05, 0) is 0 Å². The number of nitro groups is 1. The highest BCUT2D eigenvalue weighted by molar-refractivity contribution is 5.86. The van der Waals surface area contributed by atoms with Gasteiger partial charge in [0.25, 0.3) is 5.69 Å². The standard InChI is InChI=1S/C10H8F2N4O4/c11-10(12)15-2-1-13-8(15)5-14-4-6(16(19)20)3-7(14)9(17)18/h1-4,10H,5H2,(H,17,18). The Morgan fingerprint density at radius 1 is 1.55 bits per heavy atom. The number of nitrogens with zero attached hydrogens (tertiary/aromatic N) is 4. The minimum atomic E-state index is -2.83. The lowest BCUT2D eigenvalue weighted by molar-refractivity contribution is -0.384. The molecule has 0 spiro atoms. The Balaban J connectivity index is 2.39. The smallest absolute Gasteiger partial charge is 0.352 e. The third kappa shape index (κ3) is 2.48. The van der Waals surface area contributed by atoms with Gasteiger partial charge < -0.3 is 9.67 Å². The fourth-order valence-corrected chi connectivity index (χ4v) is 1.70. The van der Waals surface area contributed by atoms with Gasteiger partial charge in [0.05, 0.1) is 17.7 Å². The summed E-state index contributed by atoms with van der Waals surface area (Å²) in [5.74, 6) is -1.50. The molecule has 0 fully saturated rings. The van der Waals surface area contributed by atoms with Crippen LogP contribution in [0.4, 0.5) is 14.5 Å². The number of carboxylic acid groups (broad SMARTS) is 1. The zero-order valence-corrected chi connectivity index (χ0v) is 9.81. The van der Waals surface area contributed by atoms with Crippen molar-refractivity contribution in [2.24, 2.45) is 0 Å². The van der Waals surface area contributed by atoms with E-state index in [1.54, 1.807) is 0 Å². The van der Waals surface area contributed by atoms with Crippen molar-refractivity contribution in [2.45, 2.75) is 13.1 Å². The first-order valence-electron chi connectivity index (χ1n) is 5.28. The SMILES string of the molecule is O=C(O)c1cc([N+](=O)[O-])cn1Cc1nccn1C(F)F. The molecule has 0 aliphatic rings. The molecule has 1 N–H and O–H groups in total. The predicted molar refractivity (Wildman–Crippen MR) is 60.6 cm³/mol. The molecule has 0 amide bonds. The number of aromatic nitrogens is 3. The van der Waals surface area contributed by atoms with Crippen molar-refractivity contribution < 1.29 is 23.6 Å². The van der Waals surface area contributed by atoms with Gasteiger partial charge in [0, 0.05) is 18.5 Å². The molecule has 2 rings (SSSR count). The van der Waals surface area contributed by atoms with Crippen LogP contribution in [0.25, 0.3) is 0 Å².